The number of nitrogens with two attached hydrogens (primary N) is 1. The SMILES string of the molecule is CC(N)=CC(=Nc1cccc(OC(F)(F)F)c1)c1nn(-c2ccc(-n3cccn3)cc2C)ccc1=O. The second kappa shape index (κ2) is 9.90. The maximum Gasteiger partial charge on any atom is 0.573 e. The van der Waals surface area contributed by atoms with Gasteiger partial charge in [0.05, 0.1) is 22.8 Å². The predicted molar refractivity (Wildman–Crippen MR) is 129 cm³/mol. The van der Waals surface area contributed by atoms with E-state index in [0.717, 1.165) is 23.4 Å². The Hall–Kier alpha value is -4.67. The molecule has 8 nitrogen and oxygen atoms in total. The lowest BCUT2D eigenvalue weighted by Crippen LogP contribution is -2.21. The molecule has 0 aliphatic heterocycles. The molecule has 2 heterocycles. The number of ether oxygens (including phenoxy) is 1. The van der Waals surface area contributed by atoms with Gasteiger partial charge < -0.3 is 10.5 Å². The number of allylic oxidation sites excluding steroid dienone is 2. The third kappa shape index (κ3) is 5.87. The highest BCUT2D eigenvalue weighted by Crippen LogP contribution is 2.27. The summed E-state index contributed by atoms with van der Waals surface area (Å²) in [6, 6.07) is 13.9. The van der Waals surface area contributed by atoms with Crippen LogP contribution in [0.1, 0.15) is 18.2 Å². The summed E-state index contributed by atoms with van der Waals surface area (Å²) in [5, 5.41) is 8.69. The molecule has 11 heteroatoms. The number of nitrogens with zero attached hydrogens (tertiary/aromatic N) is 5. The smallest absolute Gasteiger partial charge is 0.406 e. The molecule has 0 saturated carbocycles. The van der Waals surface area contributed by atoms with E-state index in [1.807, 2.05) is 37.4 Å². The fourth-order valence-electron chi connectivity index (χ4n) is 3.44. The molecule has 0 aliphatic carbocycles. The molecule has 184 valence electrons. The third-order valence-electron chi connectivity index (χ3n) is 4.91. The molecule has 2 N–H and O–H groups in total. The summed E-state index contributed by atoms with van der Waals surface area (Å²) in [7, 11) is 0. The van der Waals surface area contributed by atoms with Crippen molar-refractivity contribution < 1.29 is 17.9 Å². The molecule has 0 aliphatic rings. The van der Waals surface area contributed by atoms with Crippen molar-refractivity contribution in [2.75, 3.05) is 0 Å². The fraction of sp³-hybridized carbons (Fsp3) is 0.120. The second-order valence-electron chi connectivity index (χ2n) is 7.83. The van der Waals surface area contributed by atoms with E-state index >= 15 is 0 Å². The predicted octanol–water partition coefficient (Wildman–Crippen LogP) is 4.61. The summed E-state index contributed by atoms with van der Waals surface area (Å²) in [4.78, 5) is 17.1. The molecule has 2 aromatic heterocycles. The molecular weight excluding hydrogens is 473 g/mol. The van der Waals surface area contributed by atoms with Gasteiger partial charge >= 0.3 is 6.36 Å². The number of hydrogen-bond acceptors (Lipinski definition) is 6. The van der Waals surface area contributed by atoms with Crippen LogP contribution in [0.25, 0.3) is 11.4 Å². The van der Waals surface area contributed by atoms with Crippen molar-refractivity contribution in [3.05, 3.63) is 106 Å². The highest BCUT2D eigenvalue weighted by atomic mass is 19.4. The number of aliphatic imine (C=N–C) groups is 1. The lowest BCUT2D eigenvalue weighted by atomic mass is 10.1. The summed E-state index contributed by atoms with van der Waals surface area (Å²) < 4.78 is 45.1. The van der Waals surface area contributed by atoms with Crippen molar-refractivity contribution in [2.45, 2.75) is 20.2 Å². The second-order valence-corrected chi connectivity index (χ2v) is 7.83. The Kier molecular flexibility index (Phi) is 6.73. The Morgan fingerprint density at radius 2 is 1.89 bits per heavy atom. The molecule has 36 heavy (non-hydrogen) atoms. The Morgan fingerprint density at radius 1 is 1.08 bits per heavy atom. The average molecular weight is 494 g/mol. The van der Waals surface area contributed by atoms with Crippen LogP contribution in [0.15, 0.2) is 94.7 Å². The molecule has 0 bridgehead atoms. The summed E-state index contributed by atoms with van der Waals surface area (Å²) in [5.41, 5.74) is 8.35. The van der Waals surface area contributed by atoms with Gasteiger partial charge in [0.1, 0.15) is 5.75 Å². The van der Waals surface area contributed by atoms with Crippen LogP contribution in [0.5, 0.6) is 5.75 Å². The van der Waals surface area contributed by atoms with Crippen molar-refractivity contribution in [2.24, 2.45) is 10.7 Å². The van der Waals surface area contributed by atoms with Gasteiger partial charge in [0, 0.05) is 36.4 Å². The molecule has 0 amide bonds. The van der Waals surface area contributed by atoms with Crippen LogP contribution < -0.4 is 15.9 Å². The van der Waals surface area contributed by atoms with Gasteiger partial charge in [0.25, 0.3) is 0 Å². The van der Waals surface area contributed by atoms with Gasteiger partial charge in [-0.05, 0) is 61.9 Å². The number of aromatic nitrogens is 4. The summed E-state index contributed by atoms with van der Waals surface area (Å²) >= 11 is 0. The van der Waals surface area contributed by atoms with E-state index in [1.54, 1.807) is 17.8 Å². The van der Waals surface area contributed by atoms with Crippen LogP contribution in [0.3, 0.4) is 0 Å². The normalized spacial score (nSPS) is 12.6. The Balaban J connectivity index is 1.77. The molecule has 4 aromatic rings. The van der Waals surface area contributed by atoms with E-state index in [2.05, 4.69) is 19.9 Å². The number of aryl methyl sites for hydroxylation is 1. The first kappa shape index (κ1) is 24.5. The maximum atomic E-state index is 12.8. The van der Waals surface area contributed by atoms with Gasteiger partial charge in [-0.25, -0.2) is 14.4 Å². The average Bonchev–Trinajstić information content (AvgIpc) is 3.33. The molecule has 0 radical (unpaired) electrons. The van der Waals surface area contributed by atoms with E-state index in [-0.39, 0.29) is 17.1 Å². The lowest BCUT2D eigenvalue weighted by Gasteiger charge is -2.12. The highest BCUT2D eigenvalue weighted by molar-refractivity contribution is 6.08. The van der Waals surface area contributed by atoms with E-state index in [9.17, 15) is 18.0 Å². The van der Waals surface area contributed by atoms with E-state index in [1.165, 1.54) is 35.2 Å². The Bertz CT molecular complexity index is 1500. The van der Waals surface area contributed by atoms with E-state index in [0.29, 0.717) is 11.4 Å². The number of alkyl halides is 3. The van der Waals surface area contributed by atoms with Crippen LogP contribution in [-0.2, 0) is 0 Å². The quantitative estimate of drug-likeness (QED) is 0.395. The van der Waals surface area contributed by atoms with Crippen molar-refractivity contribution in [1.82, 2.24) is 19.6 Å². The molecule has 0 saturated heterocycles. The maximum absolute atomic E-state index is 12.8. The monoisotopic (exact) mass is 494 g/mol. The summed E-state index contributed by atoms with van der Waals surface area (Å²) in [5.74, 6) is -0.442. The highest BCUT2D eigenvalue weighted by Gasteiger charge is 2.31. The standard InChI is InChI=1S/C25H21F3N6O2/c1-16-13-19(33-11-4-10-30-33)7-8-22(16)34-12-9-23(35)24(32-34)21(14-17(2)29)31-18-5-3-6-20(15-18)36-25(26,27)28/h3-15H,29H2,1-2H3. The van der Waals surface area contributed by atoms with Gasteiger partial charge in [0.2, 0.25) is 5.43 Å². The van der Waals surface area contributed by atoms with Gasteiger partial charge in [0.15, 0.2) is 5.69 Å². The number of benzene rings is 2. The largest absolute Gasteiger partial charge is 0.573 e. The van der Waals surface area contributed by atoms with Crippen LogP contribution in [-0.4, -0.2) is 31.6 Å². The zero-order chi connectivity index (χ0) is 25.9. The molecule has 0 atom stereocenters. The number of rotatable bonds is 6. The number of hydrogen-bond donors (Lipinski definition) is 1. The fourth-order valence-corrected chi connectivity index (χ4v) is 3.44. The van der Waals surface area contributed by atoms with Gasteiger partial charge in [-0.3, -0.25) is 4.79 Å². The lowest BCUT2D eigenvalue weighted by molar-refractivity contribution is -0.274. The summed E-state index contributed by atoms with van der Waals surface area (Å²) in [6.07, 6.45) is 1.61. The van der Waals surface area contributed by atoms with Crippen molar-refractivity contribution >= 4 is 11.4 Å². The minimum Gasteiger partial charge on any atom is -0.406 e. The minimum atomic E-state index is -4.85. The van der Waals surface area contributed by atoms with Gasteiger partial charge in [-0.1, -0.05) is 6.07 Å². The van der Waals surface area contributed by atoms with E-state index in [4.69, 9.17) is 5.73 Å². The van der Waals surface area contributed by atoms with Crippen molar-refractivity contribution in [1.29, 1.82) is 0 Å². The van der Waals surface area contributed by atoms with Gasteiger partial charge in [-0.15, -0.1) is 13.2 Å². The molecule has 0 fully saturated rings. The van der Waals surface area contributed by atoms with Crippen LogP contribution in [0.4, 0.5) is 18.9 Å². The van der Waals surface area contributed by atoms with Crippen LogP contribution in [0.2, 0.25) is 0 Å². The first-order chi connectivity index (χ1) is 17.1. The topological polar surface area (TPSA) is 100 Å². The zero-order valence-electron chi connectivity index (χ0n) is 19.3. The molecule has 0 unspecified atom stereocenters. The van der Waals surface area contributed by atoms with Crippen LogP contribution in [0, 0.1) is 6.92 Å². The Labute approximate surface area is 203 Å². The van der Waals surface area contributed by atoms with Crippen LogP contribution >= 0.6 is 0 Å². The van der Waals surface area contributed by atoms with Crippen molar-refractivity contribution in [3.8, 4) is 17.1 Å². The Morgan fingerprint density at radius 3 is 2.56 bits per heavy atom. The summed E-state index contributed by atoms with van der Waals surface area (Å²) in [6.45, 7) is 3.49. The van der Waals surface area contributed by atoms with Gasteiger partial charge in [-0.2, -0.15) is 10.2 Å². The zero-order valence-corrected chi connectivity index (χ0v) is 19.3. The number of halogens is 3. The minimum absolute atomic E-state index is 0.0278. The van der Waals surface area contributed by atoms with Crippen molar-refractivity contribution in [3.63, 3.8) is 0 Å². The van der Waals surface area contributed by atoms with E-state index < -0.39 is 17.5 Å². The first-order valence-corrected chi connectivity index (χ1v) is 10.7. The first-order valence-electron chi connectivity index (χ1n) is 10.7. The molecule has 4 rings (SSSR count). The molecule has 2 aromatic carbocycles. The molecular formula is C25H21F3N6O2. The molecule has 0 spiro atoms. The third-order valence-corrected chi connectivity index (χ3v) is 4.91.